The molecule has 0 heterocycles. The minimum atomic E-state index is -0.00963. The van der Waals surface area contributed by atoms with Crippen molar-refractivity contribution in [1.82, 2.24) is 0 Å². The number of carbonyl (C=O) groups excluding carboxylic acids is 1. The molecule has 0 aliphatic rings. The van der Waals surface area contributed by atoms with E-state index in [1.165, 1.54) is 6.92 Å². The number of para-hydroxylation sites is 1. The number of benzene rings is 1. The fourth-order valence-corrected chi connectivity index (χ4v) is 1.09. The quantitative estimate of drug-likeness (QED) is 0.514. The Labute approximate surface area is 71.6 Å². The molecule has 0 bridgehead atoms. The highest BCUT2D eigenvalue weighted by molar-refractivity contribution is 6.01. The van der Waals surface area contributed by atoms with Crippen molar-refractivity contribution in [2.45, 2.75) is 6.92 Å². The maximum Gasteiger partial charge on any atom is 0.161 e. The van der Waals surface area contributed by atoms with E-state index in [0.29, 0.717) is 11.3 Å². The summed E-state index contributed by atoms with van der Waals surface area (Å²) < 4.78 is 0. The lowest BCUT2D eigenvalue weighted by Gasteiger charge is -2.07. The molecule has 0 atom stereocenters. The Morgan fingerprint density at radius 2 is 2.17 bits per heavy atom. The number of rotatable bonds is 2. The molecule has 3 N–H and O–H groups in total. The summed E-state index contributed by atoms with van der Waals surface area (Å²) in [6.45, 7) is 1.51. The van der Waals surface area contributed by atoms with Gasteiger partial charge in [-0.2, -0.15) is 0 Å². The molecule has 64 valence electrons. The number of carbonyl (C=O) groups is 1. The van der Waals surface area contributed by atoms with Crippen molar-refractivity contribution < 1.29 is 4.79 Å². The fraction of sp³-hybridized carbons (Fsp3) is 0.222. The van der Waals surface area contributed by atoms with Crippen LogP contribution in [0, 0.1) is 0 Å². The summed E-state index contributed by atoms with van der Waals surface area (Å²) in [4.78, 5) is 11.0. The van der Waals surface area contributed by atoms with Crippen LogP contribution in [0.4, 0.5) is 11.4 Å². The Balaban J connectivity index is 3.23. The average molecular weight is 164 g/mol. The first-order valence-electron chi connectivity index (χ1n) is 3.74. The van der Waals surface area contributed by atoms with Crippen LogP contribution >= 0.6 is 0 Å². The second-order valence-corrected chi connectivity index (χ2v) is 2.57. The zero-order valence-electron chi connectivity index (χ0n) is 7.22. The molecule has 12 heavy (non-hydrogen) atoms. The van der Waals surface area contributed by atoms with Gasteiger partial charge in [0.15, 0.2) is 5.78 Å². The summed E-state index contributed by atoms with van der Waals surface area (Å²) in [6.07, 6.45) is 0. The molecule has 0 unspecified atom stereocenters. The molecule has 0 saturated carbocycles. The number of Topliss-reactive ketones (excluding diaryl/α,β-unsaturated/α-hetero) is 1. The number of nitrogen functional groups attached to an aromatic ring is 1. The lowest BCUT2D eigenvalue weighted by Crippen LogP contribution is -2.03. The van der Waals surface area contributed by atoms with E-state index in [1.807, 2.05) is 6.07 Å². The number of nitrogens with two attached hydrogens (primary N) is 1. The minimum Gasteiger partial charge on any atom is -0.396 e. The number of hydrogen-bond donors (Lipinski definition) is 2. The van der Waals surface area contributed by atoms with Gasteiger partial charge in [-0.05, 0) is 19.1 Å². The van der Waals surface area contributed by atoms with Crippen molar-refractivity contribution >= 4 is 17.2 Å². The van der Waals surface area contributed by atoms with Gasteiger partial charge in [-0.25, -0.2) is 0 Å². The highest BCUT2D eigenvalue weighted by Gasteiger charge is 2.06. The van der Waals surface area contributed by atoms with Crippen molar-refractivity contribution in [2.75, 3.05) is 18.1 Å². The van der Waals surface area contributed by atoms with Gasteiger partial charge in [0.05, 0.1) is 11.4 Å². The highest BCUT2D eigenvalue weighted by Crippen LogP contribution is 2.22. The Morgan fingerprint density at radius 1 is 1.50 bits per heavy atom. The van der Waals surface area contributed by atoms with E-state index in [0.717, 1.165) is 5.69 Å². The average Bonchev–Trinajstić information content (AvgIpc) is 2.04. The third-order valence-electron chi connectivity index (χ3n) is 1.75. The minimum absolute atomic E-state index is 0.00963. The molecule has 1 aromatic rings. The van der Waals surface area contributed by atoms with Crippen LogP contribution in [0.2, 0.25) is 0 Å². The van der Waals surface area contributed by atoms with Crippen LogP contribution in [0.25, 0.3) is 0 Å². The molecule has 0 aromatic heterocycles. The number of nitrogens with one attached hydrogen (secondary N) is 1. The molecular weight excluding hydrogens is 152 g/mol. The van der Waals surface area contributed by atoms with Gasteiger partial charge in [0.2, 0.25) is 0 Å². The monoisotopic (exact) mass is 164 g/mol. The third kappa shape index (κ3) is 1.39. The summed E-state index contributed by atoms with van der Waals surface area (Å²) in [7, 11) is 1.77. The normalized spacial score (nSPS) is 9.50. The molecule has 1 rings (SSSR count). The third-order valence-corrected chi connectivity index (χ3v) is 1.75. The van der Waals surface area contributed by atoms with Crippen molar-refractivity contribution in [1.29, 1.82) is 0 Å². The first-order valence-corrected chi connectivity index (χ1v) is 3.74. The standard InChI is InChI=1S/C9H12N2O/c1-6(12)7-4-3-5-8(11-2)9(7)10/h3-5,11H,10H2,1-2H3. The van der Waals surface area contributed by atoms with E-state index in [9.17, 15) is 4.79 Å². The Kier molecular flexibility index (Phi) is 2.33. The van der Waals surface area contributed by atoms with E-state index in [2.05, 4.69) is 5.32 Å². The number of ketones is 1. The van der Waals surface area contributed by atoms with Crippen molar-refractivity contribution in [3.63, 3.8) is 0 Å². The van der Waals surface area contributed by atoms with Gasteiger partial charge in [-0.15, -0.1) is 0 Å². The van der Waals surface area contributed by atoms with Gasteiger partial charge in [-0.1, -0.05) is 6.07 Å². The predicted octanol–water partition coefficient (Wildman–Crippen LogP) is 1.51. The fourth-order valence-electron chi connectivity index (χ4n) is 1.09. The summed E-state index contributed by atoms with van der Waals surface area (Å²) in [6, 6.07) is 5.36. The van der Waals surface area contributed by atoms with Gasteiger partial charge < -0.3 is 11.1 Å². The number of anilines is 2. The first kappa shape index (κ1) is 8.59. The molecule has 0 aliphatic heterocycles. The van der Waals surface area contributed by atoms with Crippen LogP contribution < -0.4 is 11.1 Å². The molecule has 0 saturated heterocycles. The predicted molar refractivity (Wildman–Crippen MR) is 50.4 cm³/mol. The van der Waals surface area contributed by atoms with Crippen LogP contribution in [-0.2, 0) is 0 Å². The zero-order chi connectivity index (χ0) is 9.14. The summed E-state index contributed by atoms with van der Waals surface area (Å²) in [5.41, 5.74) is 7.60. The molecular formula is C9H12N2O. The Hall–Kier alpha value is -1.51. The van der Waals surface area contributed by atoms with Crippen LogP contribution in [0.1, 0.15) is 17.3 Å². The molecule has 3 nitrogen and oxygen atoms in total. The maximum atomic E-state index is 11.0. The molecule has 3 heteroatoms. The largest absolute Gasteiger partial charge is 0.396 e. The zero-order valence-corrected chi connectivity index (χ0v) is 7.22. The first-order chi connectivity index (χ1) is 5.66. The smallest absolute Gasteiger partial charge is 0.161 e. The molecule has 0 fully saturated rings. The van der Waals surface area contributed by atoms with Gasteiger partial charge in [-0.3, -0.25) is 4.79 Å². The molecule has 0 spiro atoms. The van der Waals surface area contributed by atoms with Crippen molar-refractivity contribution in [2.24, 2.45) is 0 Å². The summed E-state index contributed by atoms with van der Waals surface area (Å²) in [5, 5.41) is 2.91. The second-order valence-electron chi connectivity index (χ2n) is 2.57. The van der Waals surface area contributed by atoms with Gasteiger partial charge in [0, 0.05) is 12.6 Å². The molecule has 0 radical (unpaired) electrons. The second kappa shape index (κ2) is 3.26. The molecule has 0 amide bonds. The Morgan fingerprint density at radius 3 is 2.67 bits per heavy atom. The van der Waals surface area contributed by atoms with Crippen LogP contribution in [-0.4, -0.2) is 12.8 Å². The van der Waals surface area contributed by atoms with Crippen molar-refractivity contribution in [3.05, 3.63) is 23.8 Å². The lowest BCUT2D eigenvalue weighted by molar-refractivity contribution is 0.101. The highest BCUT2D eigenvalue weighted by atomic mass is 16.1. The lowest BCUT2D eigenvalue weighted by atomic mass is 10.1. The van der Waals surface area contributed by atoms with E-state index in [1.54, 1.807) is 19.2 Å². The van der Waals surface area contributed by atoms with Gasteiger partial charge in [0.1, 0.15) is 0 Å². The molecule has 1 aromatic carbocycles. The van der Waals surface area contributed by atoms with Crippen molar-refractivity contribution in [3.8, 4) is 0 Å². The van der Waals surface area contributed by atoms with E-state index < -0.39 is 0 Å². The maximum absolute atomic E-state index is 11.0. The topological polar surface area (TPSA) is 55.1 Å². The van der Waals surface area contributed by atoms with Crippen LogP contribution in [0.5, 0.6) is 0 Å². The van der Waals surface area contributed by atoms with Gasteiger partial charge >= 0.3 is 0 Å². The van der Waals surface area contributed by atoms with Crippen LogP contribution in [0.3, 0.4) is 0 Å². The van der Waals surface area contributed by atoms with E-state index >= 15 is 0 Å². The summed E-state index contributed by atoms with van der Waals surface area (Å²) >= 11 is 0. The van der Waals surface area contributed by atoms with E-state index in [-0.39, 0.29) is 5.78 Å². The SMILES string of the molecule is CNc1cccc(C(C)=O)c1N. The van der Waals surface area contributed by atoms with E-state index in [4.69, 9.17) is 5.73 Å². The van der Waals surface area contributed by atoms with Gasteiger partial charge in [0.25, 0.3) is 0 Å². The number of hydrogen-bond acceptors (Lipinski definition) is 3. The summed E-state index contributed by atoms with van der Waals surface area (Å²) in [5.74, 6) is -0.00963. The Bertz CT molecular complexity index is 307. The molecule has 0 aliphatic carbocycles. The van der Waals surface area contributed by atoms with Crippen LogP contribution in [0.15, 0.2) is 18.2 Å².